The number of hydrogen-bond acceptors (Lipinski definition) is 4. The van der Waals surface area contributed by atoms with Gasteiger partial charge in [0.1, 0.15) is 15.9 Å². The zero-order chi connectivity index (χ0) is 11.5. The minimum atomic E-state index is -0.185. The van der Waals surface area contributed by atoms with Crippen molar-refractivity contribution < 1.29 is 9.84 Å². The Kier molecular flexibility index (Phi) is 4.16. The van der Waals surface area contributed by atoms with Gasteiger partial charge < -0.3 is 15.2 Å². The van der Waals surface area contributed by atoms with Gasteiger partial charge in [0.25, 0.3) is 0 Å². The van der Waals surface area contributed by atoms with Crippen LogP contribution in [0, 0.1) is 0 Å². The first-order chi connectivity index (χ1) is 7.70. The molecule has 0 aliphatic carbocycles. The minimum Gasteiger partial charge on any atom is -0.395 e. The first-order valence-electron chi connectivity index (χ1n) is 4.99. The smallest absolute Gasteiger partial charge is 0.130 e. The average Bonchev–Trinajstić information content (AvgIpc) is 2.27. The summed E-state index contributed by atoms with van der Waals surface area (Å²) in [7, 11) is 0. The van der Waals surface area contributed by atoms with Gasteiger partial charge in [-0.25, -0.2) is 4.98 Å². The summed E-state index contributed by atoms with van der Waals surface area (Å²) in [5.74, 6) is 0. The number of aliphatic hydroxyl groups is 1. The van der Waals surface area contributed by atoms with E-state index in [2.05, 4.69) is 26.2 Å². The van der Waals surface area contributed by atoms with E-state index in [1.54, 1.807) is 6.07 Å². The maximum absolute atomic E-state index is 9.26. The van der Waals surface area contributed by atoms with Gasteiger partial charge in [0.2, 0.25) is 0 Å². The van der Waals surface area contributed by atoms with Crippen LogP contribution in [0.4, 0.5) is 0 Å². The summed E-state index contributed by atoms with van der Waals surface area (Å²) in [6, 6.07) is 3.51. The van der Waals surface area contributed by atoms with E-state index in [1.807, 2.05) is 6.07 Å². The van der Waals surface area contributed by atoms with Crippen molar-refractivity contribution >= 4 is 27.5 Å². The van der Waals surface area contributed by atoms with Crippen LogP contribution in [0.25, 0.3) is 0 Å². The number of aliphatic hydroxyl groups excluding tert-OH is 1. The highest BCUT2D eigenvalue weighted by molar-refractivity contribution is 9.10. The summed E-state index contributed by atoms with van der Waals surface area (Å²) in [5.41, 5.74) is 0.915. The molecule has 0 saturated carbocycles. The normalized spacial score (nSPS) is 25.7. The predicted octanol–water partition coefficient (Wildman–Crippen LogP) is 1.52. The first-order valence-corrected chi connectivity index (χ1v) is 6.16. The Labute approximate surface area is 107 Å². The van der Waals surface area contributed by atoms with Crippen molar-refractivity contribution in [3.8, 4) is 0 Å². The minimum absolute atomic E-state index is 0.0300. The van der Waals surface area contributed by atoms with Crippen LogP contribution in [0.5, 0.6) is 0 Å². The van der Waals surface area contributed by atoms with Gasteiger partial charge in [-0.2, -0.15) is 0 Å². The molecule has 1 saturated heterocycles. The van der Waals surface area contributed by atoms with E-state index in [-0.39, 0.29) is 18.8 Å². The number of nitrogens with one attached hydrogen (secondary N) is 1. The molecule has 88 valence electrons. The fourth-order valence-electron chi connectivity index (χ4n) is 1.79. The Morgan fingerprint density at radius 2 is 2.44 bits per heavy atom. The van der Waals surface area contributed by atoms with Gasteiger partial charge >= 0.3 is 0 Å². The Morgan fingerprint density at radius 1 is 1.62 bits per heavy atom. The summed E-state index contributed by atoms with van der Waals surface area (Å²) < 4.78 is 6.32. The molecule has 2 rings (SSSR count). The first kappa shape index (κ1) is 12.3. The van der Waals surface area contributed by atoms with Crippen LogP contribution >= 0.6 is 27.5 Å². The van der Waals surface area contributed by atoms with Gasteiger partial charge in [-0.05, 0) is 33.6 Å². The molecule has 0 spiro atoms. The zero-order valence-electron chi connectivity index (χ0n) is 8.49. The monoisotopic (exact) mass is 306 g/mol. The van der Waals surface area contributed by atoms with Crippen LogP contribution in [-0.4, -0.2) is 35.9 Å². The van der Waals surface area contributed by atoms with Crippen LogP contribution in [0.1, 0.15) is 11.7 Å². The SMILES string of the molecule is OC[C@H]1NCCO[C@@H]1c1cc(Cl)nc(Br)c1. The lowest BCUT2D eigenvalue weighted by Crippen LogP contribution is -2.45. The zero-order valence-corrected chi connectivity index (χ0v) is 10.8. The average molecular weight is 308 g/mol. The molecule has 2 heterocycles. The Balaban J connectivity index is 2.26. The van der Waals surface area contributed by atoms with Crippen molar-refractivity contribution in [3.05, 3.63) is 27.5 Å². The van der Waals surface area contributed by atoms with Crippen molar-refractivity contribution in [2.75, 3.05) is 19.8 Å². The molecule has 1 aromatic heterocycles. The molecule has 0 radical (unpaired) electrons. The molecule has 1 fully saturated rings. The standard InChI is InChI=1S/C10H12BrClN2O2/c11-8-3-6(4-9(12)14-8)10-7(5-15)13-1-2-16-10/h3-4,7,10,13,15H,1-2,5H2/t7-,10-/m1/s1. The van der Waals surface area contributed by atoms with E-state index in [0.717, 1.165) is 12.1 Å². The lowest BCUT2D eigenvalue weighted by molar-refractivity contribution is -0.0210. The number of pyridine rings is 1. The molecule has 0 unspecified atom stereocenters. The van der Waals surface area contributed by atoms with Crippen LogP contribution in [0.2, 0.25) is 5.15 Å². The summed E-state index contributed by atoms with van der Waals surface area (Å²) in [5, 5.41) is 12.9. The molecule has 0 aromatic carbocycles. The van der Waals surface area contributed by atoms with Crippen LogP contribution in [-0.2, 0) is 4.74 Å². The van der Waals surface area contributed by atoms with Crippen LogP contribution < -0.4 is 5.32 Å². The van der Waals surface area contributed by atoms with Crippen molar-refractivity contribution in [1.29, 1.82) is 0 Å². The third-order valence-corrected chi connectivity index (χ3v) is 3.08. The number of nitrogens with zero attached hydrogens (tertiary/aromatic N) is 1. The van der Waals surface area contributed by atoms with Gasteiger partial charge in [-0.15, -0.1) is 0 Å². The fraction of sp³-hybridized carbons (Fsp3) is 0.500. The molecule has 6 heteroatoms. The Morgan fingerprint density at radius 3 is 3.12 bits per heavy atom. The lowest BCUT2D eigenvalue weighted by Gasteiger charge is -2.31. The van der Waals surface area contributed by atoms with E-state index in [4.69, 9.17) is 16.3 Å². The van der Waals surface area contributed by atoms with Crippen LogP contribution in [0.3, 0.4) is 0 Å². The van der Waals surface area contributed by atoms with Crippen molar-refractivity contribution in [1.82, 2.24) is 10.3 Å². The summed E-state index contributed by atoms with van der Waals surface area (Å²) in [6.45, 7) is 1.41. The molecule has 16 heavy (non-hydrogen) atoms. The molecule has 0 bridgehead atoms. The maximum atomic E-state index is 9.26. The third kappa shape index (κ3) is 2.73. The third-order valence-electron chi connectivity index (χ3n) is 2.48. The number of rotatable bonds is 2. The largest absolute Gasteiger partial charge is 0.395 e. The van der Waals surface area contributed by atoms with Crippen LogP contribution in [0.15, 0.2) is 16.7 Å². The second kappa shape index (κ2) is 5.42. The highest BCUT2D eigenvalue weighted by Crippen LogP contribution is 2.27. The topological polar surface area (TPSA) is 54.4 Å². The summed E-state index contributed by atoms with van der Waals surface area (Å²) in [4.78, 5) is 4.02. The van der Waals surface area contributed by atoms with Crippen molar-refractivity contribution in [2.24, 2.45) is 0 Å². The highest BCUT2D eigenvalue weighted by Gasteiger charge is 2.27. The highest BCUT2D eigenvalue weighted by atomic mass is 79.9. The van der Waals surface area contributed by atoms with Crippen molar-refractivity contribution in [2.45, 2.75) is 12.1 Å². The molecule has 0 amide bonds. The summed E-state index contributed by atoms with van der Waals surface area (Å²) in [6.07, 6.45) is -0.185. The molecule has 1 aliphatic heterocycles. The van der Waals surface area contributed by atoms with Crippen molar-refractivity contribution in [3.63, 3.8) is 0 Å². The molecule has 2 N–H and O–H groups in total. The maximum Gasteiger partial charge on any atom is 0.130 e. The second-order valence-corrected chi connectivity index (χ2v) is 4.78. The molecule has 1 aliphatic rings. The quantitative estimate of drug-likeness (QED) is 0.814. The predicted molar refractivity (Wildman–Crippen MR) is 64.5 cm³/mol. The van der Waals surface area contributed by atoms with Gasteiger partial charge in [0.05, 0.1) is 19.3 Å². The Bertz CT molecular complexity index is 358. The number of aromatic nitrogens is 1. The fourth-order valence-corrected chi connectivity index (χ4v) is 2.56. The number of ether oxygens (including phenoxy) is 1. The van der Waals surface area contributed by atoms with Gasteiger partial charge in [0, 0.05) is 6.54 Å². The van der Waals surface area contributed by atoms with E-state index in [9.17, 15) is 5.11 Å². The molecular weight excluding hydrogens is 295 g/mol. The lowest BCUT2D eigenvalue weighted by atomic mass is 10.0. The molecule has 4 nitrogen and oxygen atoms in total. The number of hydrogen-bond donors (Lipinski definition) is 2. The molecule has 1 aromatic rings. The van der Waals surface area contributed by atoms with Gasteiger partial charge in [-0.3, -0.25) is 0 Å². The van der Waals surface area contributed by atoms with E-state index in [1.165, 1.54) is 0 Å². The van der Waals surface area contributed by atoms with E-state index >= 15 is 0 Å². The molecule has 2 atom stereocenters. The van der Waals surface area contributed by atoms with E-state index in [0.29, 0.717) is 16.4 Å². The summed E-state index contributed by atoms with van der Waals surface area (Å²) >= 11 is 9.17. The second-order valence-electron chi connectivity index (χ2n) is 3.58. The van der Waals surface area contributed by atoms with Gasteiger partial charge in [0.15, 0.2) is 0 Å². The Hall–Kier alpha value is -0.200. The number of halogens is 2. The van der Waals surface area contributed by atoms with E-state index < -0.39 is 0 Å². The number of morpholine rings is 1. The molecular formula is C10H12BrClN2O2. The van der Waals surface area contributed by atoms with Gasteiger partial charge in [-0.1, -0.05) is 11.6 Å².